The third-order valence-electron chi connectivity index (χ3n) is 10.2. The molecule has 0 saturated heterocycles. The maximum atomic E-state index is 12.8. The third-order valence-corrected chi connectivity index (χ3v) is 12.4. The van der Waals surface area contributed by atoms with Crippen molar-refractivity contribution in [1.29, 1.82) is 5.26 Å². The van der Waals surface area contributed by atoms with Crippen molar-refractivity contribution in [3.05, 3.63) is 92.3 Å². The van der Waals surface area contributed by atoms with Crippen molar-refractivity contribution < 1.29 is 52.7 Å². The average Bonchev–Trinajstić information content (AvgIpc) is 3.99. The second-order valence-corrected chi connectivity index (χ2v) is 17.5. The number of hydrogen-bond acceptors (Lipinski definition) is 11. The molecule has 4 aromatic rings. The summed E-state index contributed by atoms with van der Waals surface area (Å²) in [6, 6.07) is 5.24. The lowest BCUT2D eigenvalue weighted by Crippen LogP contribution is -2.25. The molecule has 4 aliphatic carbocycles. The fourth-order valence-electron chi connectivity index (χ4n) is 7.62. The van der Waals surface area contributed by atoms with Gasteiger partial charge in [0.2, 0.25) is 15.7 Å². The SMILES string of the molecule is N#COc1c2c(cc3c1CCC3)CCC2.NS(=O)(=O)c1cc(C(F)(F)F)cnn1.O=C(CS(=O)(=O)c1cc(C(F)(F)F)cnn1)Nc1c2c(cc3c1CCC3)CCC2. The number of ether oxygens (including phenoxy) is 1. The van der Waals surface area contributed by atoms with E-state index in [-0.39, 0.29) is 0 Å². The van der Waals surface area contributed by atoms with Crippen LogP contribution < -0.4 is 15.2 Å². The molecule has 2 aromatic heterocycles. The number of amides is 1. The van der Waals surface area contributed by atoms with Gasteiger partial charge in [-0.25, -0.2) is 22.0 Å². The molecule has 0 atom stereocenters. The monoisotopic (exact) mass is 851 g/mol. The van der Waals surface area contributed by atoms with Crippen LogP contribution in [0.15, 0.2) is 46.7 Å². The Morgan fingerprint density at radius 3 is 1.53 bits per heavy atom. The van der Waals surface area contributed by atoms with Crippen LogP contribution in [0.3, 0.4) is 0 Å². The topological polar surface area (TPSA) is 208 Å². The highest BCUT2D eigenvalue weighted by molar-refractivity contribution is 7.92. The molecule has 21 heteroatoms. The highest BCUT2D eigenvalue weighted by Crippen LogP contribution is 2.41. The number of fused-ring (bicyclic) bond motifs is 4. The van der Waals surface area contributed by atoms with Crippen LogP contribution in [-0.4, -0.2) is 48.9 Å². The molecule has 0 spiro atoms. The Labute approximate surface area is 329 Å². The first kappa shape index (κ1) is 42.4. The molecular weight excluding hydrogens is 817 g/mol. The molecule has 0 saturated carbocycles. The Morgan fingerprint density at radius 1 is 0.690 bits per heavy atom. The zero-order valence-corrected chi connectivity index (χ0v) is 32.1. The van der Waals surface area contributed by atoms with Gasteiger partial charge in [-0.05, 0) is 134 Å². The van der Waals surface area contributed by atoms with Gasteiger partial charge in [-0.3, -0.25) is 4.79 Å². The van der Waals surface area contributed by atoms with Crippen LogP contribution in [0.25, 0.3) is 0 Å². The molecule has 0 unspecified atom stereocenters. The lowest BCUT2D eigenvalue weighted by molar-refractivity contribution is -0.139. The van der Waals surface area contributed by atoms with Crippen LogP contribution >= 0.6 is 0 Å². The number of carbonyl (C=O) groups excluding carboxylic acids is 1. The van der Waals surface area contributed by atoms with E-state index < -0.39 is 65.1 Å². The number of aromatic nitrogens is 4. The number of benzene rings is 2. The Bertz CT molecular complexity index is 2460. The first-order chi connectivity index (χ1) is 27.3. The van der Waals surface area contributed by atoms with Gasteiger partial charge in [0.05, 0.1) is 23.5 Å². The van der Waals surface area contributed by atoms with Gasteiger partial charge in [0.15, 0.2) is 10.1 Å². The van der Waals surface area contributed by atoms with Gasteiger partial charge in [0.1, 0.15) is 11.5 Å². The van der Waals surface area contributed by atoms with Gasteiger partial charge < -0.3 is 10.1 Å². The number of primary sulfonamides is 1. The van der Waals surface area contributed by atoms with Gasteiger partial charge in [0.25, 0.3) is 16.3 Å². The van der Waals surface area contributed by atoms with E-state index in [1.165, 1.54) is 46.2 Å². The number of rotatable bonds is 6. The van der Waals surface area contributed by atoms with Crippen LogP contribution in [0.1, 0.15) is 81.3 Å². The summed E-state index contributed by atoms with van der Waals surface area (Å²) in [5.41, 5.74) is 8.10. The minimum absolute atomic E-state index is 0.322. The molecule has 1 amide bonds. The quantitative estimate of drug-likeness (QED) is 0.182. The summed E-state index contributed by atoms with van der Waals surface area (Å²) >= 11 is 0. The van der Waals surface area contributed by atoms with Crippen LogP contribution in [0, 0.1) is 11.5 Å². The number of alkyl halides is 6. The minimum atomic E-state index is -4.76. The summed E-state index contributed by atoms with van der Waals surface area (Å²) in [5, 5.41) is 26.5. The van der Waals surface area contributed by atoms with Crippen molar-refractivity contribution in [2.75, 3.05) is 11.1 Å². The van der Waals surface area contributed by atoms with Crippen molar-refractivity contribution >= 4 is 31.5 Å². The van der Waals surface area contributed by atoms with Gasteiger partial charge in [-0.15, -0.1) is 15.5 Å². The Morgan fingerprint density at radius 2 is 1.10 bits per heavy atom. The smallest absolute Gasteiger partial charge is 0.387 e. The molecule has 0 bridgehead atoms. The van der Waals surface area contributed by atoms with Crippen LogP contribution in [0.2, 0.25) is 0 Å². The van der Waals surface area contributed by atoms with Crippen molar-refractivity contribution in [3.8, 4) is 12.0 Å². The second-order valence-electron chi connectivity index (χ2n) is 14.0. The van der Waals surface area contributed by atoms with Gasteiger partial charge in [-0.2, -0.15) is 36.5 Å². The summed E-state index contributed by atoms with van der Waals surface area (Å²) in [4.78, 5) is 12.5. The number of halogens is 6. The number of sulfonamides is 1. The van der Waals surface area contributed by atoms with Gasteiger partial charge in [-0.1, -0.05) is 12.1 Å². The molecule has 0 fully saturated rings. The van der Waals surface area contributed by atoms with Crippen molar-refractivity contribution in [2.45, 2.75) is 99.5 Å². The lowest BCUT2D eigenvalue weighted by atomic mass is 9.98. The second kappa shape index (κ2) is 16.6. The summed E-state index contributed by atoms with van der Waals surface area (Å²) in [5.74, 6) is -0.889. The van der Waals surface area contributed by atoms with Crippen molar-refractivity contribution in [3.63, 3.8) is 0 Å². The molecule has 4 aliphatic rings. The number of aryl methyl sites for hydroxylation is 4. The molecule has 13 nitrogen and oxygen atoms in total. The summed E-state index contributed by atoms with van der Waals surface area (Å²) in [7, 11) is -8.64. The lowest BCUT2D eigenvalue weighted by Gasteiger charge is -2.16. The van der Waals surface area contributed by atoms with E-state index in [2.05, 4.69) is 43.0 Å². The van der Waals surface area contributed by atoms with Crippen molar-refractivity contribution in [1.82, 2.24) is 20.4 Å². The van der Waals surface area contributed by atoms with Gasteiger partial charge >= 0.3 is 12.4 Å². The Balaban J connectivity index is 0.000000164. The first-order valence-electron chi connectivity index (χ1n) is 18.0. The van der Waals surface area contributed by atoms with E-state index in [0.717, 1.165) is 81.1 Å². The maximum absolute atomic E-state index is 12.8. The average molecular weight is 852 g/mol. The number of nitrogens with one attached hydrogen (secondary N) is 1. The van der Waals surface area contributed by atoms with E-state index >= 15 is 0 Å². The molecule has 2 aromatic carbocycles. The molecule has 308 valence electrons. The Hall–Kier alpha value is -5.20. The van der Waals surface area contributed by atoms with E-state index in [1.54, 1.807) is 0 Å². The normalized spacial score (nSPS) is 15.4. The fourth-order valence-corrected chi connectivity index (χ4v) is 9.11. The predicted octanol–water partition coefficient (Wildman–Crippen LogP) is 5.55. The highest BCUT2D eigenvalue weighted by atomic mass is 32.2. The number of anilines is 1. The van der Waals surface area contributed by atoms with E-state index in [4.69, 9.17) is 10.00 Å². The van der Waals surface area contributed by atoms with E-state index in [0.29, 0.717) is 30.2 Å². The third kappa shape index (κ3) is 9.56. The number of nitrogens with two attached hydrogens (primary N) is 1. The summed E-state index contributed by atoms with van der Waals surface area (Å²) in [6.45, 7) is 0. The van der Waals surface area contributed by atoms with Gasteiger partial charge in [0, 0.05) is 5.69 Å². The number of nitriles is 1. The molecule has 0 radical (unpaired) electrons. The molecule has 8 rings (SSSR count). The summed E-state index contributed by atoms with van der Waals surface area (Å²) < 4.78 is 126. The van der Waals surface area contributed by atoms with E-state index in [9.17, 15) is 48.0 Å². The number of hydrogen-bond donors (Lipinski definition) is 2. The number of nitrogens with zero attached hydrogens (tertiary/aromatic N) is 5. The zero-order chi connectivity index (χ0) is 42.0. The first-order valence-corrected chi connectivity index (χ1v) is 21.2. The summed E-state index contributed by atoms with van der Waals surface area (Å²) in [6.07, 6.45) is 5.57. The molecule has 2 heterocycles. The Kier molecular flexibility index (Phi) is 12.1. The number of carbonyl (C=O) groups is 1. The van der Waals surface area contributed by atoms with Crippen molar-refractivity contribution in [2.24, 2.45) is 5.14 Å². The zero-order valence-electron chi connectivity index (χ0n) is 30.5. The number of sulfone groups is 1. The standard InChI is InChI=1S/C19H18F3N3O3S.C13H13NO.C5H4F3N3O2S/c20-19(21,22)13-8-17(25-23-9-13)29(27,28)10-16(26)24-18-14-5-1-3-11(14)7-12-4-2-6-15(12)18;14-8-15-13-11-5-1-3-9(11)7-10-4-2-6-12(10)13;6-5(7,8)3-1-4(11-10-2-3)14(9,12)13/h7-9H,1-6,10H2,(H,24,26);7H,1-6H2;1-2H,(H2,9,12,13). The highest BCUT2D eigenvalue weighted by Gasteiger charge is 2.35. The maximum Gasteiger partial charge on any atom is 0.418 e. The van der Waals surface area contributed by atoms with Crippen LogP contribution in [0.4, 0.5) is 32.0 Å². The van der Waals surface area contributed by atoms with E-state index in [1.807, 2.05) is 6.26 Å². The molecule has 0 aliphatic heterocycles. The fraction of sp³-hybridized carbons (Fsp3) is 0.405. The van der Waals surface area contributed by atoms with Crippen LogP contribution in [0.5, 0.6) is 5.75 Å². The molecule has 58 heavy (non-hydrogen) atoms. The minimum Gasteiger partial charge on any atom is -0.387 e. The molecular formula is C37H35F6N7O6S2. The predicted molar refractivity (Wildman–Crippen MR) is 193 cm³/mol. The van der Waals surface area contributed by atoms with Crippen LogP contribution in [-0.2, 0) is 88.4 Å². The molecule has 3 N–H and O–H groups in total. The largest absolute Gasteiger partial charge is 0.418 e.